The van der Waals surface area contributed by atoms with E-state index in [0.717, 1.165) is 24.1 Å². The molecule has 276 valence electrons. The van der Waals surface area contributed by atoms with Crippen molar-refractivity contribution < 1.29 is 46.6 Å². The third-order valence-electron chi connectivity index (χ3n) is 8.60. The maximum atomic E-state index is 13.5. The van der Waals surface area contributed by atoms with Crippen LogP contribution in [0.4, 0.5) is 18.9 Å². The van der Waals surface area contributed by atoms with Crippen LogP contribution in [0.2, 0.25) is 0 Å². The van der Waals surface area contributed by atoms with Crippen molar-refractivity contribution in [3.05, 3.63) is 119 Å². The van der Waals surface area contributed by atoms with Gasteiger partial charge in [0, 0.05) is 39.0 Å². The number of esters is 2. The van der Waals surface area contributed by atoms with Crippen molar-refractivity contribution in [3.63, 3.8) is 0 Å². The molecule has 0 unspecified atom stereocenters. The average molecular weight is 730 g/mol. The summed E-state index contributed by atoms with van der Waals surface area (Å²) in [5.74, 6) is -1.65. The summed E-state index contributed by atoms with van der Waals surface area (Å²) in [4.78, 5) is 66.3. The highest BCUT2D eigenvalue weighted by Gasteiger charge is 2.30. The first-order valence-corrected chi connectivity index (χ1v) is 17.0. The number of nitrogens with one attached hydrogen (secondary N) is 1. The molecular formula is C40H38F3N3O7. The highest BCUT2D eigenvalue weighted by Crippen LogP contribution is 2.32. The van der Waals surface area contributed by atoms with E-state index in [1.54, 1.807) is 61.5 Å². The molecule has 1 aliphatic rings. The molecular weight excluding hydrogens is 691 g/mol. The lowest BCUT2D eigenvalue weighted by atomic mass is 9.97. The van der Waals surface area contributed by atoms with Crippen LogP contribution in [0.3, 0.4) is 0 Å². The Morgan fingerprint density at radius 2 is 1.60 bits per heavy atom. The van der Waals surface area contributed by atoms with Crippen LogP contribution in [0.25, 0.3) is 11.1 Å². The molecule has 4 aromatic carbocycles. The molecule has 53 heavy (non-hydrogen) atoms. The first kappa shape index (κ1) is 38.3. The van der Waals surface area contributed by atoms with Gasteiger partial charge in [0.1, 0.15) is 12.4 Å². The van der Waals surface area contributed by atoms with Crippen molar-refractivity contribution in [1.29, 1.82) is 0 Å². The van der Waals surface area contributed by atoms with Crippen LogP contribution in [0.15, 0.2) is 91.0 Å². The minimum Gasteiger partial charge on any atom is -0.460 e. The highest BCUT2D eigenvalue weighted by molar-refractivity contribution is 6.11. The third kappa shape index (κ3) is 10.1. The molecule has 3 amide bonds. The van der Waals surface area contributed by atoms with Crippen LogP contribution in [-0.4, -0.2) is 73.3 Å². The number of ether oxygens (including phenoxy) is 2. The van der Waals surface area contributed by atoms with Crippen LogP contribution in [0.5, 0.6) is 5.75 Å². The highest BCUT2D eigenvalue weighted by atomic mass is 19.4. The Bertz CT molecular complexity index is 1980. The van der Waals surface area contributed by atoms with E-state index in [9.17, 15) is 37.1 Å². The predicted octanol–water partition coefficient (Wildman–Crippen LogP) is 7.03. The first-order chi connectivity index (χ1) is 25.3. The lowest BCUT2D eigenvalue weighted by molar-refractivity contribution is -0.137. The number of aryl methyl sites for hydroxylation is 1. The third-order valence-corrected chi connectivity index (χ3v) is 8.60. The number of anilines is 1. The summed E-state index contributed by atoms with van der Waals surface area (Å²) in [6, 6.07) is 21.9. The summed E-state index contributed by atoms with van der Waals surface area (Å²) in [5.41, 5.74) is 1.73. The predicted molar refractivity (Wildman–Crippen MR) is 190 cm³/mol. The van der Waals surface area contributed by atoms with Crippen LogP contribution in [-0.2, 0) is 26.9 Å². The Labute approximate surface area is 304 Å². The monoisotopic (exact) mass is 729 g/mol. The van der Waals surface area contributed by atoms with E-state index in [4.69, 9.17) is 9.47 Å². The number of carbonyl (C=O) groups excluding carboxylic acids is 5. The van der Waals surface area contributed by atoms with Crippen molar-refractivity contribution in [2.24, 2.45) is 0 Å². The Hall–Kier alpha value is -5.98. The average Bonchev–Trinajstić information content (AvgIpc) is 3.55. The Morgan fingerprint density at radius 1 is 0.887 bits per heavy atom. The molecule has 4 aromatic rings. The minimum absolute atomic E-state index is 0.0541. The molecule has 1 N–H and O–H groups in total. The molecule has 1 aliphatic heterocycles. The van der Waals surface area contributed by atoms with Crippen LogP contribution in [0.1, 0.15) is 67.9 Å². The van der Waals surface area contributed by atoms with E-state index < -0.39 is 29.6 Å². The van der Waals surface area contributed by atoms with Gasteiger partial charge in [0.15, 0.2) is 0 Å². The quantitative estimate of drug-likeness (QED) is 0.116. The smallest absolute Gasteiger partial charge is 0.416 e. The number of likely N-dealkylation sites (tertiary alicyclic amines) is 1. The number of amides is 3. The Morgan fingerprint density at radius 3 is 2.26 bits per heavy atom. The number of rotatable bonds is 13. The van der Waals surface area contributed by atoms with Crippen molar-refractivity contribution in [1.82, 2.24) is 9.80 Å². The number of hydrogen-bond acceptors (Lipinski definition) is 7. The lowest BCUT2D eigenvalue weighted by Gasteiger charge is -2.17. The van der Waals surface area contributed by atoms with Crippen molar-refractivity contribution in [3.8, 4) is 16.9 Å². The maximum Gasteiger partial charge on any atom is 0.416 e. The molecule has 13 heteroatoms. The fourth-order valence-corrected chi connectivity index (χ4v) is 5.79. The number of halogens is 3. The minimum atomic E-state index is -4.49. The first-order valence-electron chi connectivity index (χ1n) is 17.0. The molecule has 0 bridgehead atoms. The summed E-state index contributed by atoms with van der Waals surface area (Å²) >= 11 is 0. The fraction of sp³-hybridized carbons (Fsp3) is 0.275. The molecule has 0 atom stereocenters. The molecule has 0 spiro atoms. The molecule has 10 nitrogen and oxygen atoms in total. The van der Waals surface area contributed by atoms with E-state index in [1.807, 2.05) is 0 Å². The molecule has 0 saturated carbocycles. The second kappa shape index (κ2) is 17.0. The van der Waals surface area contributed by atoms with Gasteiger partial charge in [-0.2, -0.15) is 13.2 Å². The topological polar surface area (TPSA) is 122 Å². The van der Waals surface area contributed by atoms with Gasteiger partial charge in [0.2, 0.25) is 5.91 Å². The number of nitrogens with zero attached hydrogens (tertiary/aromatic N) is 2. The van der Waals surface area contributed by atoms with Crippen molar-refractivity contribution >= 4 is 35.3 Å². The summed E-state index contributed by atoms with van der Waals surface area (Å²) in [6.45, 7) is 1.10. The zero-order valence-corrected chi connectivity index (χ0v) is 29.2. The molecule has 1 saturated heterocycles. The molecule has 1 heterocycles. The standard InChI is InChI=1S/C40H38F3N3O7/c1-45(2)38(50)33-25-26(7-5-11-36(48)53-30-19-15-28(16-20-30)39(51)52-24-23-46-22-6-10-35(46)47)12-21-34(33)44-37(49)32-9-4-3-8-31(32)27-13-17-29(18-14-27)40(41,42)43/h3-4,8-9,12-21,25H,5-7,10-11,22-24H2,1-2H3,(H,44,49). The number of alkyl halides is 3. The lowest BCUT2D eigenvalue weighted by Crippen LogP contribution is -2.29. The van der Waals surface area contributed by atoms with Crippen molar-refractivity contribution in [2.45, 2.75) is 38.3 Å². The Balaban J connectivity index is 1.17. The van der Waals surface area contributed by atoms with Gasteiger partial charge in [-0.25, -0.2) is 4.79 Å². The molecule has 5 rings (SSSR count). The molecule has 0 aliphatic carbocycles. The van der Waals surface area contributed by atoms with Gasteiger partial charge in [-0.1, -0.05) is 36.4 Å². The van der Waals surface area contributed by atoms with Gasteiger partial charge in [-0.15, -0.1) is 0 Å². The van der Waals surface area contributed by atoms with Crippen LogP contribution >= 0.6 is 0 Å². The van der Waals surface area contributed by atoms with Crippen molar-refractivity contribution in [2.75, 3.05) is 39.1 Å². The van der Waals surface area contributed by atoms with Gasteiger partial charge >= 0.3 is 18.1 Å². The zero-order valence-electron chi connectivity index (χ0n) is 29.2. The normalized spacial score (nSPS) is 12.7. The largest absolute Gasteiger partial charge is 0.460 e. The summed E-state index contributed by atoms with van der Waals surface area (Å²) in [6.07, 6.45) is -2.30. The number of benzene rings is 4. The Kier molecular flexibility index (Phi) is 12.3. The van der Waals surface area contributed by atoms with Gasteiger partial charge in [0.25, 0.3) is 11.8 Å². The van der Waals surface area contributed by atoms with Crippen LogP contribution < -0.4 is 10.1 Å². The fourth-order valence-electron chi connectivity index (χ4n) is 5.79. The van der Waals surface area contributed by atoms with E-state index >= 15 is 0 Å². The van der Waals surface area contributed by atoms with Gasteiger partial charge in [0.05, 0.1) is 28.9 Å². The molecule has 0 radical (unpaired) electrons. The second-order valence-corrected chi connectivity index (χ2v) is 12.6. The summed E-state index contributed by atoms with van der Waals surface area (Å²) in [5, 5.41) is 2.79. The van der Waals surface area contributed by atoms with E-state index in [1.165, 1.54) is 41.3 Å². The number of hydrogen-bond donors (Lipinski definition) is 1. The summed E-state index contributed by atoms with van der Waals surface area (Å²) in [7, 11) is 3.15. The molecule has 0 aromatic heterocycles. The van der Waals surface area contributed by atoms with E-state index in [-0.39, 0.29) is 53.0 Å². The van der Waals surface area contributed by atoms with E-state index in [0.29, 0.717) is 43.5 Å². The summed E-state index contributed by atoms with van der Waals surface area (Å²) < 4.78 is 50.0. The van der Waals surface area contributed by atoms with Gasteiger partial charge in [-0.3, -0.25) is 19.2 Å². The SMILES string of the molecule is CN(C)C(=O)c1cc(CCCC(=O)Oc2ccc(C(=O)OCCN3CCCC3=O)cc2)ccc1NC(=O)c1ccccc1-c1ccc(C(F)(F)F)cc1. The molecule has 1 fully saturated rings. The van der Waals surface area contributed by atoms with Crippen LogP contribution in [0, 0.1) is 0 Å². The number of carbonyl (C=O) groups is 5. The van der Waals surface area contributed by atoms with Gasteiger partial charge in [-0.05, 0) is 90.6 Å². The maximum absolute atomic E-state index is 13.5. The van der Waals surface area contributed by atoms with E-state index in [2.05, 4.69) is 5.32 Å². The van der Waals surface area contributed by atoms with Gasteiger partial charge < -0.3 is 24.6 Å². The second-order valence-electron chi connectivity index (χ2n) is 12.6. The zero-order chi connectivity index (χ0) is 38.1.